The number of carbonyl (C=O) groups excluding carboxylic acids is 1. The number of aryl methyl sites for hydroxylation is 1. The Balaban J connectivity index is 1.78. The Morgan fingerprint density at radius 3 is 2.52 bits per heavy atom. The van der Waals surface area contributed by atoms with E-state index in [1.54, 1.807) is 6.07 Å². The Bertz CT molecular complexity index is 927. The van der Waals surface area contributed by atoms with Gasteiger partial charge in [-0.2, -0.15) is 0 Å². The van der Waals surface area contributed by atoms with Gasteiger partial charge in [0.15, 0.2) is 0 Å². The summed E-state index contributed by atoms with van der Waals surface area (Å²) < 4.78 is 5.61. The summed E-state index contributed by atoms with van der Waals surface area (Å²) in [5.74, 6) is 0.965. The van der Waals surface area contributed by atoms with Gasteiger partial charge >= 0.3 is 0 Å². The highest BCUT2D eigenvalue weighted by atomic mass is 16.5. The van der Waals surface area contributed by atoms with Crippen molar-refractivity contribution in [1.82, 2.24) is 9.97 Å². The quantitative estimate of drug-likeness (QED) is 0.650. The molecule has 0 bridgehead atoms. The summed E-state index contributed by atoms with van der Waals surface area (Å²) in [5, 5.41) is 6.10. The fraction of sp³-hybridized carbons (Fsp3) is 0.190. The van der Waals surface area contributed by atoms with E-state index in [0.29, 0.717) is 12.4 Å². The lowest BCUT2D eigenvalue weighted by molar-refractivity contribution is 0.102. The highest BCUT2D eigenvalue weighted by Gasteiger charge is 2.12. The van der Waals surface area contributed by atoms with Crippen LogP contribution in [0.15, 0.2) is 60.9 Å². The van der Waals surface area contributed by atoms with Crippen LogP contribution in [0.5, 0.6) is 5.75 Å². The van der Waals surface area contributed by atoms with Gasteiger partial charge in [0.25, 0.3) is 5.91 Å². The summed E-state index contributed by atoms with van der Waals surface area (Å²) in [6.45, 7) is 4.54. The van der Waals surface area contributed by atoms with Gasteiger partial charge in [-0.3, -0.25) is 4.79 Å². The number of ether oxygens (including phenoxy) is 1. The van der Waals surface area contributed by atoms with E-state index in [2.05, 4.69) is 20.6 Å². The molecule has 0 spiro atoms. The third-order valence-corrected chi connectivity index (χ3v) is 4.00. The summed E-state index contributed by atoms with van der Waals surface area (Å²) in [6, 6.07) is 16.9. The maximum absolute atomic E-state index is 12.6. The van der Waals surface area contributed by atoms with Crippen LogP contribution in [-0.2, 0) is 6.42 Å². The first-order valence-electron chi connectivity index (χ1n) is 8.91. The SMILES string of the molecule is CCOc1ccccc1Nc1cc(C(=O)Nc2ccccc2CC)ncn1. The van der Waals surface area contributed by atoms with Crippen LogP contribution in [-0.4, -0.2) is 22.5 Å². The number of nitrogens with one attached hydrogen (secondary N) is 2. The number of amides is 1. The first kappa shape index (κ1) is 18.4. The molecule has 3 aromatic rings. The maximum atomic E-state index is 12.6. The van der Waals surface area contributed by atoms with Crippen LogP contribution in [0.4, 0.5) is 17.2 Å². The van der Waals surface area contributed by atoms with Crippen molar-refractivity contribution in [2.24, 2.45) is 0 Å². The molecule has 0 atom stereocenters. The predicted octanol–water partition coefficient (Wildman–Crippen LogP) is 4.43. The van der Waals surface area contributed by atoms with Crippen LogP contribution < -0.4 is 15.4 Å². The number of carbonyl (C=O) groups is 1. The first-order valence-corrected chi connectivity index (χ1v) is 8.91. The van der Waals surface area contributed by atoms with Gasteiger partial charge in [0.1, 0.15) is 23.6 Å². The van der Waals surface area contributed by atoms with Crippen LogP contribution in [0.3, 0.4) is 0 Å². The van der Waals surface area contributed by atoms with Crippen LogP contribution >= 0.6 is 0 Å². The summed E-state index contributed by atoms with van der Waals surface area (Å²) >= 11 is 0. The molecule has 1 heterocycles. The molecular formula is C21H22N4O2. The molecule has 0 aliphatic carbocycles. The molecule has 0 radical (unpaired) electrons. The summed E-state index contributed by atoms with van der Waals surface area (Å²) in [5.41, 5.74) is 2.93. The van der Waals surface area contributed by atoms with Gasteiger partial charge in [-0.05, 0) is 37.1 Å². The van der Waals surface area contributed by atoms with E-state index in [4.69, 9.17) is 4.74 Å². The van der Waals surface area contributed by atoms with Gasteiger partial charge in [-0.25, -0.2) is 9.97 Å². The van der Waals surface area contributed by atoms with Crippen LogP contribution in [0.25, 0.3) is 0 Å². The molecule has 0 unspecified atom stereocenters. The van der Waals surface area contributed by atoms with Crippen LogP contribution in [0, 0.1) is 0 Å². The largest absolute Gasteiger partial charge is 0.492 e. The first-order chi connectivity index (χ1) is 13.2. The zero-order valence-corrected chi connectivity index (χ0v) is 15.4. The number of hydrogen-bond acceptors (Lipinski definition) is 5. The minimum absolute atomic E-state index is 0.278. The number of para-hydroxylation sites is 3. The van der Waals surface area contributed by atoms with E-state index in [0.717, 1.165) is 29.1 Å². The van der Waals surface area contributed by atoms with Gasteiger partial charge in [0.2, 0.25) is 0 Å². The number of rotatable bonds is 7. The van der Waals surface area contributed by atoms with Gasteiger partial charge in [-0.1, -0.05) is 37.3 Å². The number of anilines is 3. The lowest BCUT2D eigenvalue weighted by atomic mass is 10.1. The van der Waals surface area contributed by atoms with Crippen molar-refractivity contribution in [2.45, 2.75) is 20.3 Å². The van der Waals surface area contributed by atoms with Gasteiger partial charge in [0, 0.05) is 11.8 Å². The van der Waals surface area contributed by atoms with E-state index < -0.39 is 0 Å². The Morgan fingerprint density at radius 1 is 1.00 bits per heavy atom. The Labute approximate surface area is 158 Å². The molecule has 1 aromatic heterocycles. The van der Waals surface area contributed by atoms with Gasteiger partial charge < -0.3 is 15.4 Å². The molecule has 27 heavy (non-hydrogen) atoms. The highest BCUT2D eigenvalue weighted by molar-refractivity contribution is 6.03. The van der Waals surface area contributed by atoms with Crippen molar-refractivity contribution < 1.29 is 9.53 Å². The van der Waals surface area contributed by atoms with E-state index in [-0.39, 0.29) is 11.6 Å². The molecule has 1 amide bonds. The van der Waals surface area contributed by atoms with E-state index in [9.17, 15) is 4.79 Å². The van der Waals surface area contributed by atoms with Crippen molar-refractivity contribution in [3.63, 3.8) is 0 Å². The van der Waals surface area contributed by atoms with Crippen LogP contribution in [0.1, 0.15) is 29.9 Å². The molecule has 0 saturated heterocycles. The number of benzene rings is 2. The molecule has 6 heteroatoms. The van der Waals surface area contributed by atoms with Crippen molar-refractivity contribution in [1.29, 1.82) is 0 Å². The Hall–Kier alpha value is -3.41. The second-order valence-electron chi connectivity index (χ2n) is 5.81. The third kappa shape index (κ3) is 4.61. The minimum Gasteiger partial charge on any atom is -0.492 e. The normalized spacial score (nSPS) is 10.3. The van der Waals surface area contributed by atoms with E-state index in [1.807, 2.05) is 62.4 Å². The van der Waals surface area contributed by atoms with Crippen molar-refractivity contribution in [3.8, 4) is 5.75 Å². The van der Waals surface area contributed by atoms with E-state index >= 15 is 0 Å². The topological polar surface area (TPSA) is 76.1 Å². The third-order valence-electron chi connectivity index (χ3n) is 4.00. The molecule has 138 valence electrons. The van der Waals surface area contributed by atoms with Gasteiger partial charge in [-0.15, -0.1) is 0 Å². The summed E-state index contributed by atoms with van der Waals surface area (Å²) in [6.07, 6.45) is 2.20. The van der Waals surface area contributed by atoms with E-state index in [1.165, 1.54) is 6.33 Å². The zero-order chi connectivity index (χ0) is 19.1. The smallest absolute Gasteiger partial charge is 0.274 e. The lowest BCUT2D eigenvalue weighted by Gasteiger charge is -2.12. The second-order valence-corrected chi connectivity index (χ2v) is 5.81. The number of hydrogen-bond donors (Lipinski definition) is 2. The molecule has 0 aliphatic rings. The fourth-order valence-corrected chi connectivity index (χ4v) is 2.68. The highest BCUT2D eigenvalue weighted by Crippen LogP contribution is 2.26. The molecular weight excluding hydrogens is 340 g/mol. The molecule has 6 nitrogen and oxygen atoms in total. The second kappa shape index (κ2) is 8.80. The zero-order valence-electron chi connectivity index (χ0n) is 15.4. The fourth-order valence-electron chi connectivity index (χ4n) is 2.68. The molecule has 0 fully saturated rings. The minimum atomic E-state index is -0.278. The Morgan fingerprint density at radius 2 is 1.74 bits per heavy atom. The molecule has 3 rings (SSSR count). The number of aromatic nitrogens is 2. The molecule has 0 aliphatic heterocycles. The van der Waals surface area contributed by atoms with Crippen LogP contribution in [0.2, 0.25) is 0 Å². The average molecular weight is 362 g/mol. The van der Waals surface area contributed by atoms with Crippen molar-refractivity contribution >= 4 is 23.1 Å². The molecule has 2 N–H and O–H groups in total. The lowest BCUT2D eigenvalue weighted by Crippen LogP contribution is -2.15. The summed E-state index contributed by atoms with van der Waals surface area (Å²) in [4.78, 5) is 20.9. The number of nitrogens with zero attached hydrogens (tertiary/aromatic N) is 2. The molecule has 0 saturated carbocycles. The standard InChI is InChI=1S/C21H22N4O2/c1-3-15-9-5-6-10-16(15)25-21(26)18-13-20(23-14-22-18)24-17-11-7-8-12-19(17)27-4-2/h5-14H,3-4H2,1-2H3,(H,25,26)(H,22,23,24). The van der Waals surface area contributed by atoms with Gasteiger partial charge in [0.05, 0.1) is 12.3 Å². The monoisotopic (exact) mass is 362 g/mol. The van der Waals surface area contributed by atoms with Crippen molar-refractivity contribution in [3.05, 3.63) is 72.2 Å². The maximum Gasteiger partial charge on any atom is 0.274 e. The summed E-state index contributed by atoms with van der Waals surface area (Å²) in [7, 11) is 0. The average Bonchev–Trinajstić information content (AvgIpc) is 2.70. The van der Waals surface area contributed by atoms with Crippen molar-refractivity contribution in [2.75, 3.05) is 17.2 Å². The Kier molecular flexibility index (Phi) is 5.99. The molecule has 2 aromatic carbocycles. The predicted molar refractivity (Wildman–Crippen MR) is 107 cm³/mol.